The zero-order valence-electron chi connectivity index (χ0n) is 27.3. The molecule has 6 aromatic rings. The predicted octanol–water partition coefficient (Wildman–Crippen LogP) is 10.8. The van der Waals surface area contributed by atoms with E-state index in [4.69, 9.17) is 0 Å². The van der Waals surface area contributed by atoms with Gasteiger partial charge in [0.05, 0.1) is 0 Å². The fourth-order valence-corrected chi connectivity index (χ4v) is 5.82. The highest BCUT2D eigenvalue weighted by Gasteiger charge is 2.11. The quantitative estimate of drug-likeness (QED) is 0.130. The number of hydrogen-bond donors (Lipinski definition) is 0. The Bertz CT molecular complexity index is 1450. The van der Waals surface area contributed by atoms with Crippen LogP contribution < -0.4 is 0 Å². The number of benzene rings is 6. The number of rotatable bonds is 13. The minimum atomic E-state index is 0.904. The van der Waals surface area contributed by atoms with Gasteiger partial charge in [-0.3, -0.25) is 9.80 Å². The molecule has 46 heavy (non-hydrogen) atoms. The summed E-state index contributed by atoms with van der Waals surface area (Å²) in [5, 5.41) is 0. The molecule has 6 aromatic carbocycles. The SMILES string of the molecule is CC.c1ccc(CN(Cc2ccccc2)Cc2ccc(-c3ccc(CN(Cc4ccccc4)Cc4ccccc4)cc3)cc2)cc1. The Morgan fingerprint density at radius 3 is 0.674 bits per heavy atom. The zero-order chi connectivity index (χ0) is 31.8. The van der Waals surface area contributed by atoms with Gasteiger partial charge in [-0.2, -0.15) is 0 Å². The Morgan fingerprint density at radius 2 is 0.457 bits per heavy atom. The van der Waals surface area contributed by atoms with E-state index in [2.05, 4.69) is 180 Å². The molecule has 0 aliphatic carbocycles. The van der Waals surface area contributed by atoms with Crippen molar-refractivity contribution in [3.63, 3.8) is 0 Å². The topological polar surface area (TPSA) is 6.48 Å². The van der Waals surface area contributed by atoms with Crippen LogP contribution in [0, 0.1) is 0 Å². The molecule has 0 bridgehead atoms. The molecule has 0 radical (unpaired) electrons. The van der Waals surface area contributed by atoms with Gasteiger partial charge in [0.1, 0.15) is 0 Å². The van der Waals surface area contributed by atoms with E-state index >= 15 is 0 Å². The summed E-state index contributed by atoms with van der Waals surface area (Å²) >= 11 is 0. The third kappa shape index (κ3) is 10.1. The van der Waals surface area contributed by atoms with Crippen molar-refractivity contribution in [2.45, 2.75) is 53.1 Å². The summed E-state index contributed by atoms with van der Waals surface area (Å²) in [6, 6.07) is 61.3. The summed E-state index contributed by atoms with van der Waals surface area (Å²) < 4.78 is 0. The van der Waals surface area contributed by atoms with Crippen LogP contribution in [0.1, 0.15) is 47.2 Å². The van der Waals surface area contributed by atoms with Crippen LogP contribution in [0.2, 0.25) is 0 Å². The van der Waals surface area contributed by atoms with Crippen molar-refractivity contribution in [1.29, 1.82) is 0 Å². The van der Waals surface area contributed by atoms with E-state index in [9.17, 15) is 0 Å². The molecule has 0 saturated carbocycles. The molecule has 0 unspecified atom stereocenters. The van der Waals surface area contributed by atoms with Crippen LogP contribution in [0.25, 0.3) is 11.1 Å². The van der Waals surface area contributed by atoms with E-state index < -0.39 is 0 Å². The minimum Gasteiger partial charge on any atom is -0.291 e. The summed E-state index contributed by atoms with van der Waals surface area (Å²) in [5.74, 6) is 0. The van der Waals surface area contributed by atoms with Gasteiger partial charge in [0, 0.05) is 39.3 Å². The smallest absolute Gasteiger partial charge is 0.0240 e. The van der Waals surface area contributed by atoms with E-state index in [1.807, 2.05) is 13.8 Å². The average Bonchev–Trinajstić information content (AvgIpc) is 3.12. The molecule has 0 spiro atoms. The molecule has 0 atom stereocenters. The standard InChI is InChI=1S/C42H40N2.C2H6/c1-5-13-35(14-6-1)29-43(30-36-15-7-2-8-16-36)33-39-21-25-41(26-22-39)42-27-23-40(24-28-42)34-44(31-37-17-9-3-10-18-37)32-38-19-11-4-12-20-38;1-2/h1-28H,29-34H2;1-2H3. The van der Waals surface area contributed by atoms with Crippen molar-refractivity contribution in [2.75, 3.05) is 0 Å². The fraction of sp³-hybridized carbons (Fsp3) is 0.182. The van der Waals surface area contributed by atoms with Crippen molar-refractivity contribution in [2.24, 2.45) is 0 Å². The van der Waals surface area contributed by atoms with Gasteiger partial charge < -0.3 is 0 Å². The molecule has 0 heterocycles. The first-order chi connectivity index (χ1) is 22.8. The van der Waals surface area contributed by atoms with Crippen molar-refractivity contribution >= 4 is 0 Å². The molecule has 0 aromatic heterocycles. The van der Waals surface area contributed by atoms with Gasteiger partial charge in [-0.15, -0.1) is 0 Å². The zero-order valence-corrected chi connectivity index (χ0v) is 27.3. The summed E-state index contributed by atoms with van der Waals surface area (Å²) in [6.07, 6.45) is 0. The van der Waals surface area contributed by atoms with Crippen LogP contribution >= 0.6 is 0 Å². The molecule has 0 amide bonds. The van der Waals surface area contributed by atoms with Gasteiger partial charge in [0.25, 0.3) is 0 Å². The molecule has 232 valence electrons. The largest absolute Gasteiger partial charge is 0.291 e. The second-order valence-corrected chi connectivity index (χ2v) is 11.6. The van der Waals surface area contributed by atoms with E-state index in [1.165, 1.54) is 44.5 Å². The van der Waals surface area contributed by atoms with Crippen LogP contribution in [0.3, 0.4) is 0 Å². The van der Waals surface area contributed by atoms with E-state index in [1.54, 1.807) is 0 Å². The first-order valence-electron chi connectivity index (χ1n) is 16.6. The molecular weight excluding hydrogens is 556 g/mol. The van der Waals surface area contributed by atoms with Crippen LogP contribution in [0.15, 0.2) is 170 Å². The fourth-order valence-electron chi connectivity index (χ4n) is 5.82. The van der Waals surface area contributed by atoms with E-state index in [0.717, 1.165) is 39.3 Å². The summed E-state index contributed by atoms with van der Waals surface area (Å²) in [7, 11) is 0. The number of hydrogen-bond acceptors (Lipinski definition) is 2. The van der Waals surface area contributed by atoms with Gasteiger partial charge >= 0.3 is 0 Å². The van der Waals surface area contributed by atoms with Gasteiger partial charge in [-0.05, 0) is 44.5 Å². The molecular formula is C44H46N2. The monoisotopic (exact) mass is 602 g/mol. The molecule has 0 fully saturated rings. The van der Waals surface area contributed by atoms with Gasteiger partial charge in [0.2, 0.25) is 0 Å². The molecule has 2 heteroatoms. The summed E-state index contributed by atoms with van der Waals surface area (Å²) in [6.45, 7) is 9.49. The lowest BCUT2D eigenvalue weighted by Gasteiger charge is -2.23. The van der Waals surface area contributed by atoms with Crippen LogP contribution in [0.4, 0.5) is 0 Å². The van der Waals surface area contributed by atoms with Crippen LogP contribution in [-0.4, -0.2) is 9.80 Å². The first-order valence-corrected chi connectivity index (χ1v) is 16.6. The summed E-state index contributed by atoms with van der Waals surface area (Å²) in [4.78, 5) is 5.04. The van der Waals surface area contributed by atoms with Gasteiger partial charge in [-0.1, -0.05) is 184 Å². The van der Waals surface area contributed by atoms with Gasteiger partial charge in [0.15, 0.2) is 0 Å². The summed E-state index contributed by atoms with van der Waals surface area (Å²) in [5.41, 5.74) is 10.5. The molecule has 0 saturated heterocycles. The van der Waals surface area contributed by atoms with Crippen molar-refractivity contribution in [3.8, 4) is 11.1 Å². The maximum absolute atomic E-state index is 2.52. The average molecular weight is 603 g/mol. The predicted molar refractivity (Wildman–Crippen MR) is 195 cm³/mol. The van der Waals surface area contributed by atoms with Crippen molar-refractivity contribution in [3.05, 3.63) is 203 Å². The molecule has 0 aliphatic rings. The Balaban J connectivity index is 0.00000204. The van der Waals surface area contributed by atoms with Crippen LogP contribution in [0.5, 0.6) is 0 Å². The lowest BCUT2D eigenvalue weighted by atomic mass is 10.0. The highest BCUT2D eigenvalue weighted by Crippen LogP contribution is 2.23. The van der Waals surface area contributed by atoms with E-state index in [-0.39, 0.29) is 0 Å². The Kier molecular flexibility index (Phi) is 12.5. The Morgan fingerprint density at radius 1 is 0.261 bits per heavy atom. The van der Waals surface area contributed by atoms with Crippen molar-refractivity contribution in [1.82, 2.24) is 9.80 Å². The second-order valence-electron chi connectivity index (χ2n) is 11.6. The normalized spacial score (nSPS) is 10.9. The van der Waals surface area contributed by atoms with Gasteiger partial charge in [-0.25, -0.2) is 0 Å². The first kappa shape index (κ1) is 32.6. The molecule has 0 aliphatic heterocycles. The maximum atomic E-state index is 2.52. The molecule has 2 nitrogen and oxygen atoms in total. The highest BCUT2D eigenvalue weighted by atomic mass is 15.1. The third-order valence-electron chi connectivity index (χ3n) is 8.05. The lowest BCUT2D eigenvalue weighted by molar-refractivity contribution is 0.247. The second kappa shape index (κ2) is 17.7. The highest BCUT2D eigenvalue weighted by molar-refractivity contribution is 5.64. The maximum Gasteiger partial charge on any atom is 0.0240 e. The molecule has 0 N–H and O–H groups in total. The number of nitrogens with zero attached hydrogens (tertiary/aromatic N) is 2. The minimum absolute atomic E-state index is 0.904. The molecule has 6 rings (SSSR count). The van der Waals surface area contributed by atoms with Crippen molar-refractivity contribution < 1.29 is 0 Å². The van der Waals surface area contributed by atoms with Crippen LogP contribution in [-0.2, 0) is 39.3 Å². The third-order valence-corrected chi connectivity index (χ3v) is 8.05. The Labute approximate surface area is 276 Å². The Hall–Kier alpha value is -4.76. The lowest BCUT2D eigenvalue weighted by Crippen LogP contribution is -2.22. The van der Waals surface area contributed by atoms with E-state index in [0.29, 0.717) is 0 Å².